The van der Waals surface area contributed by atoms with E-state index in [-0.39, 0.29) is 0 Å². The molecule has 0 unspecified atom stereocenters. The van der Waals surface area contributed by atoms with Crippen molar-refractivity contribution >= 4 is 38.9 Å². The summed E-state index contributed by atoms with van der Waals surface area (Å²) in [4.78, 5) is 2.47. The van der Waals surface area contributed by atoms with Gasteiger partial charge in [0.2, 0.25) is 0 Å². The zero-order chi connectivity index (χ0) is 53.7. The predicted octanol–water partition coefficient (Wildman–Crippen LogP) is 21.0. The number of nitrogens with zero attached hydrogens (tertiary/aromatic N) is 2. The topological polar surface area (TPSA) is 8.17 Å². The summed E-state index contributed by atoms with van der Waals surface area (Å²) in [6, 6.07) is 121. The predicted molar refractivity (Wildman–Crippen MR) is 340 cm³/mol. The lowest BCUT2D eigenvalue weighted by Gasteiger charge is -2.35. The number of aromatic nitrogens is 1. The van der Waals surface area contributed by atoms with Crippen LogP contribution in [0.5, 0.6) is 0 Å². The highest BCUT2D eigenvalue weighted by Gasteiger charge is 2.46. The number of rotatable bonds is 11. The van der Waals surface area contributed by atoms with Crippen LogP contribution in [0.1, 0.15) is 22.3 Å². The van der Waals surface area contributed by atoms with Crippen molar-refractivity contribution in [2.24, 2.45) is 0 Å². The van der Waals surface area contributed by atoms with Gasteiger partial charge in [-0.05, 0) is 150 Å². The van der Waals surface area contributed by atoms with Gasteiger partial charge < -0.3 is 9.47 Å². The summed E-state index contributed by atoms with van der Waals surface area (Å²) in [6.07, 6.45) is 0. The van der Waals surface area contributed by atoms with E-state index in [1.54, 1.807) is 0 Å². The summed E-state index contributed by atoms with van der Waals surface area (Å²) in [5.74, 6) is 0. The fourth-order valence-electron chi connectivity index (χ4n) is 13.0. The second kappa shape index (κ2) is 20.0. The summed E-state index contributed by atoms with van der Waals surface area (Å²) in [5, 5.41) is 2.45. The Morgan fingerprint density at radius 1 is 0.247 bits per heavy atom. The summed E-state index contributed by atoms with van der Waals surface area (Å²) >= 11 is 0. The van der Waals surface area contributed by atoms with E-state index in [9.17, 15) is 0 Å². The minimum absolute atomic E-state index is 0.553. The Morgan fingerprint density at radius 3 is 1.37 bits per heavy atom. The molecule has 0 fully saturated rings. The molecule has 0 spiro atoms. The van der Waals surface area contributed by atoms with Gasteiger partial charge in [0.25, 0.3) is 0 Å². The van der Waals surface area contributed by atoms with E-state index in [1.807, 2.05) is 0 Å². The van der Waals surface area contributed by atoms with Crippen LogP contribution >= 0.6 is 0 Å². The molecular weight excluding hydrogens is 977 g/mol. The molecule has 14 aromatic rings. The SMILES string of the molecule is c1ccc(-c2ccc(N(c3ccc4c(c3)C(c3ccccc3)(c3ccccc3)c3ccccc3-4)c3ccccc3-c3cccc(-c4ccc5c6ccccc6n(-c6cc(-c7ccccc7)cc(-c7ccccc7)c6)c5c4)c3)cc2)cc1. The first-order valence-electron chi connectivity index (χ1n) is 28.0. The smallest absolute Gasteiger partial charge is 0.0714 e. The molecule has 380 valence electrons. The molecule has 2 heteroatoms. The van der Waals surface area contributed by atoms with E-state index in [0.717, 1.165) is 50.5 Å². The Hall–Kier alpha value is -10.5. The van der Waals surface area contributed by atoms with E-state index in [0.29, 0.717) is 0 Å². The molecule has 1 aromatic heterocycles. The van der Waals surface area contributed by atoms with Crippen LogP contribution in [0.4, 0.5) is 17.1 Å². The molecule has 0 atom stereocenters. The zero-order valence-corrected chi connectivity index (χ0v) is 44.6. The van der Waals surface area contributed by atoms with Crippen molar-refractivity contribution in [2.45, 2.75) is 5.41 Å². The first-order chi connectivity index (χ1) is 40.2. The minimum Gasteiger partial charge on any atom is -0.310 e. The molecule has 15 rings (SSSR count). The lowest BCUT2D eigenvalue weighted by atomic mass is 9.67. The number of hydrogen-bond donors (Lipinski definition) is 0. The quantitative estimate of drug-likeness (QED) is 0.125. The molecule has 0 radical (unpaired) electrons. The monoisotopic (exact) mass is 1030 g/mol. The molecule has 1 aliphatic rings. The molecule has 2 nitrogen and oxygen atoms in total. The van der Waals surface area contributed by atoms with E-state index in [2.05, 4.69) is 337 Å². The number of benzene rings is 13. The third-order valence-corrected chi connectivity index (χ3v) is 16.6. The Kier molecular flexibility index (Phi) is 11.8. The standard InChI is InChI=1S/C79H54N2/c1-6-23-55(24-7-1)58-41-44-66(45-42-58)80(67-46-48-71-70-36-16-19-38-74(70)79(75(71)54-67,64-31-12-4-13-32-64)65-33-14-5-15-34-65)76-39-20-17-35-69(76)61-30-22-29-59(49-61)60-43-47-73-72-37-18-21-40-77(72)81(78(73)53-60)68-51-62(56-25-8-2-9-26-56)50-63(52-68)57-27-10-3-11-28-57/h1-54H. The molecule has 0 bridgehead atoms. The normalized spacial score (nSPS) is 12.3. The van der Waals surface area contributed by atoms with Crippen molar-refractivity contribution in [1.29, 1.82) is 0 Å². The highest BCUT2D eigenvalue weighted by molar-refractivity contribution is 6.10. The second-order valence-electron chi connectivity index (χ2n) is 21.2. The molecule has 0 N–H and O–H groups in total. The fraction of sp³-hybridized carbons (Fsp3) is 0.0127. The van der Waals surface area contributed by atoms with Crippen LogP contribution in [0.2, 0.25) is 0 Å². The van der Waals surface area contributed by atoms with Crippen molar-refractivity contribution in [3.05, 3.63) is 350 Å². The number of fused-ring (bicyclic) bond motifs is 6. The summed E-state index contributed by atoms with van der Waals surface area (Å²) in [5.41, 5.74) is 25.4. The lowest BCUT2D eigenvalue weighted by Crippen LogP contribution is -2.28. The van der Waals surface area contributed by atoms with Gasteiger partial charge in [0.1, 0.15) is 0 Å². The van der Waals surface area contributed by atoms with Gasteiger partial charge in [0, 0.05) is 33.4 Å². The molecule has 1 aliphatic carbocycles. The van der Waals surface area contributed by atoms with Crippen molar-refractivity contribution in [3.8, 4) is 72.4 Å². The first-order valence-corrected chi connectivity index (χ1v) is 28.0. The number of para-hydroxylation sites is 2. The molecule has 0 saturated carbocycles. The molecule has 1 heterocycles. The Labute approximate surface area is 473 Å². The van der Waals surface area contributed by atoms with E-state index < -0.39 is 5.41 Å². The van der Waals surface area contributed by atoms with Gasteiger partial charge in [0.05, 0.1) is 22.1 Å². The van der Waals surface area contributed by atoms with Gasteiger partial charge in [-0.1, -0.05) is 261 Å². The minimum atomic E-state index is -0.553. The van der Waals surface area contributed by atoms with Gasteiger partial charge in [0.15, 0.2) is 0 Å². The largest absolute Gasteiger partial charge is 0.310 e. The molecular formula is C79H54N2. The molecule has 0 amide bonds. The van der Waals surface area contributed by atoms with Crippen molar-refractivity contribution < 1.29 is 0 Å². The maximum Gasteiger partial charge on any atom is 0.0714 e. The van der Waals surface area contributed by atoms with Crippen molar-refractivity contribution in [1.82, 2.24) is 4.57 Å². The van der Waals surface area contributed by atoms with Crippen LogP contribution in [0, 0.1) is 0 Å². The van der Waals surface area contributed by atoms with Gasteiger partial charge in [-0.3, -0.25) is 0 Å². The Bertz CT molecular complexity index is 4500. The summed E-state index contributed by atoms with van der Waals surface area (Å²) in [7, 11) is 0. The summed E-state index contributed by atoms with van der Waals surface area (Å²) < 4.78 is 2.46. The van der Waals surface area contributed by atoms with E-state index in [4.69, 9.17) is 0 Å². The first kappa shape index (κ1) is 47.7. The maximum absolute atomic E-state index is 2.47. The van der Waals surface area contributed by atoms with Gasteiger partial charge >= 0.3 is 0 Å². The lowest BCUT2D eigenvalue weighted by molar-refractivity contribution is 0.768. The average molecular weight is 1030 g/mol. The van der Waals surface area contributed by atoms with Crippen molar-refractivity contribution in [3.63, 3.8) is 0 Å². The zero-order valence-electron chi connectivity index (χ0n) is 44.6. The third kappa shape index (κ3) is 8.19. The van der Waals surface area contributed by atoms with Crippen LogP contribution in [-0.2, 0) is 5.41 Å². The molecule has 0 saturated heterocycles. The van der Waals surface area contributed by atoms with Crippen LogP contribution in [0.25, 0.3) is 94.3 Å². The Balaban J connectivity index is 0.896. The molecule has 0 aliphatic heterocycles. The van der Waals surface area contributed by atoms with Gasteiger partial charge in [-0.2, -0.15) is 0 Å². The van der Waals surface area contributed by atoms with E-state index >= 15 is 0 Å². The highest BCUT2D eigenvalue weighted by atomic mass is 15.1. The van der Waals surface area contributed by atoms with E-state index in [1.165, 1.54) is 83.1 Å². The third-order valence-electron chi connectivity index (χ3n) is 16.6. The molecule has 81 heavy (non-hydrogen) atoms. The second-order valence-corrected chi connectivity index (χ2v) is 21.2. The number of hydrogen-bond acceptors (Lipinski definition) is 1. The summed E-state index contributed by atoms with van der Waals surface area (Å²) in [6.45, 7) is 0. The van der Waals surface area contributed by atoms with Crippen LogP contribution in [0.3, 0.4) is 0 Å². The highest BCUT2D eigenvalue weighted by Crippen LogP contribution is 2.57. The van der Waals surface area contributed by atoms with Crippen LogP contribution < -0.4 is 4.90 Å². The number of anilines is 3. The average Bonchev–Trinajstić information content (AvgIpc) is 2.84. The van der Waals surface area contributed by atoms with Crippen molar-refractivity contribution in [2.75, 3.05) is 4.90 Å². The molecule has 13 aromatic carbocycles. The van der Waals surface area contributed by atoms with Gasteiger partial charge in [-0.25, -0.2) is 0 Å². The fourth-order valence-corrected chi connectivity index (χ4v) is 13.0. The maximum atomic E-state index is 2.47. The van der Waals surface area contributed by atoms with Crippen LogP contribution in [-0.4, -0.2) is 4.57 Å². The van der Waals surface area contributed by atoms with Gasteiger partial charge in [-0.15, -0.1) is 0 Å². The van der Waals surface area contributed by atoms with Crippen LogP contribution in [0.15, 0.2) is 328 Å². The Morgan fingerprint density at radius 2 is 0.704 bits per heavy atom.